The Morgan fingerprint density at radius 3 is 2.69 bits per heavy atom. The van der Waals surface area contributed by atoms with E-state index in [-0.39, 0.29) is 10.6 Å². The minimum Gasteiger partial charge on any atom is -0.322 e. The Morgan fingerprint density at radius 1 is 1.54 bits per heavy atom. The summed E-state index contributed by atoms with van der Waals surface area (Å²) in [7, 11) is 0. The van der Waals surface area contributed by atoms with Crippen LogP contribution in [0.3, 0.4) is 0 Å². The molecule has 1 nitrogen and oxygen atoms in total. The third-order valence-corrected chi connectivity index (χ3v) is 2.36. The average molecular weight is 206 g/mol. The van der Waals surface area contributed by atoms with Crippen LogP contribution in [0.15, 0.2) is 12.1 Å². The predicted octanol–water partition coefficient (Wildman–Crippen LogP) is 2.76. The van der Waals surface area contributed by atoms with Gasteiger partial charge >= 0.3 is 0 Å². The molecule has 0 unspecified atom stereocenters. The van der Waals surface area contributed by atoms with E-state index in [4.69, 9.17) is 17.3 Å². The van der Waals surface area contributed by atoms with E-state index >= 15 is 0 Å². The molecule has 0 heterocycles. The molecule has 13 heavy (non-hydrogen) atoms. The first-order chi connectivity index (χ1) is 6.07. The van der Waals surface area contributed by atoms with Gasteiger partial charge in [0.25, 0.3) is 0 Å². The van der Waals surface area contributed by atoms with Gasteiger partial charge in [-0.1, -0.05) is 17.7 Å². The van der Waals surface area contributed by atoms with Crippen molar-refractivity contribution in [3.63, 3.8) is 0 Å². The average Bonchev–Trinajstić information content (AvgIpc) is 2.12. The minimum atomic E-state index is -0.979. The zero-order valence-electron chi connectivity index (χ0n) is 7.15. The monoisotopic (exact) mass is 205 g/mol. The Hall–Kier alpha value is -0.670. The van der Waals surface area contributed by atoms with Crippen molar-refractivity contribution in [1.29, 1.82) is 0 Å². The lowest BCUT2D eigenvalue weighted by Crippen LogP contribution is -2.15. The van der Waals surface area contributed by atoms with Crippen molar-refractivity contribution >= 4 is 11.6 Å². The largest absolute Gasteiger partial charge is 0.322 e. The van der Waals surface area contributed by atoms with Crippen LogP contribution in [0.25, 0.3) is 0 Å². The minimum absolute atomic E-state index is 0.0594. The zero-order valence-corrected chi connectivity index (χ0v) is 7.91. The first-order valence-electron chi connectivity index (χ1n) is 3.84. The van der Waals surface area contributed by atoms with Crippen LogP contribution in [0.1, 0.15) is 17.2 Å². The van der Waals surface area contributed by atoms with Gasteiger partial charge in [-0.05, 0) is 18.6 Å². The molecule has 0 aliphatic carbocycles. The molecule has 1 atom stereocenters. The van der Waals surface area contributed by atoms with Crippen LogP contribution in [0, 0.1) is 12.7 Å². The van der Waals surface area contributed by atoms with Crippen LogP contribution >= 0.6 is 11.6 Å². The van der Waals surface area contributed by atoms with Gasteiger partial charge in [-0.25, -0.2) is 8.78 Å². The van der Waals surface area contributed by atoms with E-state index in [0.717, 1.165) is 0 Å². The van der Waals surface area contributed by atoms with Crippen molar-refractivity contribution in [2.24, 2.45) is 5.73 Å². The van der Waals surface area contributed by atoms with Crippen LogP contribution in [-0.4, -0.2) is 6.67 Å². The second-order valence-electron chi connectivity index (χ2n) is 2.85. The summed E-state index contributed by atoms with van der Waals surface area (Å²) in [6, 6.07) is 1.80. The van der Waals surface area contributed by atoms with Crippen LogP contribution in [0.2, 0.25) is 5.02 Å². The van der Waals surface area contributed by atoms with Crippen LogP contribution in [0.4, 0.5) is 8.78 Å². The molecular weight excluding hydrogens is 196 g/mol. The SMILES string of the molecule is Cc1ccc(F)c([C@@H](N)CF)c1Cl. The molecule has 0 bridgehead atoms. The van der Waals surface area contributed by atoms with Crippen LogP contribution < -0.4 is 5.73 Å². The van der Waals surface area contributed by atoms with Crippen LogP contribution in [-0.2, 0) is 0 Å². The fourth-order valence-electron chi connectivity index (χ4n) is 1.10. The zero-order chi connectivity index (χ0) is 10.0. The molecule has 2 N–H and O–H groups in total. The van der Waals surface area contributed by atoms with Gasteiger partial charge in [0, 0.05) is 5.56 Å². The molecule has 0 radical (unpaired) electrons. The second kappa shape index (κ2) is 4.03. The molecule has 0 aliphatic heterocycles. The highest BCUT2D eigenvalue weighted by Gasteiger charge is 2.16. The number of aryl methyl sites for hydroxylation is 1. The molecule has 72 valence electrons. The summed E-state index contributed by atoms with van der Waals surface area (Å²) in [5.41, 5.74) is 6.12. The van der Waals surface area contributed by atoms with E-state index in [1.54, 1.807) is 6.92 Å². The molecule has 0 saturated heterocycles. The second-order valence-corrected chi connectivity index (χ2v) is 3.23. The fraction of sp³-hybridized carbons (Fsp3) is 0.333. The Labute approximate surface area is 80.5 Å². The molecule has 1 rings (SSSR count). The normalized spacial score (nSPS) is 13.0. The van der Waals surface area contributed by atoms with E-state index in [9.17, 15) is 8.78 Å². The first-order valence-corrected chi connectivity index (χ1v) is 4.21. The van der Waals surface area contributed by atoms with Gasteiger partial charge in [0.2, 0.25) is 0 Å². The summed E-state index contributed by atoms with van der Waals surface area (Å²) in [6.45, 7) is 0.899. The number of hydrogen-bond donors (Lipinski definition) is 1. The highest BCUT2D eigenvalue weighted by atomic mass is 35.5. The molecule has 0 spiro atoms. The van der Waals surface area contributed by atoms with E-state index in [1.165, 1.54) is 12.1 Å². The van der Waals surface area contributed by atoms with Gasteiger partial charge in [0.05, 0.1) is 11.1 Å². The molecular formula is C9H10ClF2N. The quantitative estimate of drug-likeness (QED) is 0.790. The number of halogens is 3. The van der Waals surface area contributed by atoms with Gasteiger partial charge in [-0.15, -0.1) is 0 Å². The summed E-state index contributed by atoms with van der Waals surface area (Å²) < 4.78 is 25.4. The number of hydrogen-bond acceptors (Lipinski definition) is 1. The van der Waals surface area contributed by atoms with Crippen molar-refractivity contribution in [2.75, 3.05) is 6.67 Å². The topological polar surface area (TPSA) is 26.0 Å². The molecule has 0 fully saturated rings. The fourth-order valence-corrected chi connectivity index (χ4v) is 1.39. The third-order valence-electron chi connectivity index (χ3n) is 1.86. The lowest BCUT2D eigenvalue weighted by Gasteiger charge is -2.12. The Morgan fingerprint density at radius 2 is 2.15 bits per heavy atom. The molecule has 4 heteroatoms. The maximum atomic E-state index is 13.1. The van der Waals surface area contributed by atoms with Crippen LogP contribution in [0.5, 0.6) is 0 Å². The Kier molecular flexibility index (Phi) is 3.22. The summed E-state index contributed by atoms with van der Waals surface area (Å²) in [5, 5.41) is 0.213. The maximum absolute atomic E-state index is 13.1. The lowest BCUT2D eigenvalue weighted by molar-refractivity contribution is 0.427. The van der Waals surface area contributed by atoms with Gasteiger partial charge in [0.1, 0.15) is 12.5 Å². The molecule has 1 aromatic carbocycles. The highest BCUT2D eigenvalue weighted by molar-refractivity contribution is 6.32. The van der Waals surface area contributed by atoms with E-state index in [2.05, 4.69) is 0 Å². The van der Waals surface area contributed by atoms with Crippen molar-refractivity contribution in [3.05, 3.63) is 34.1 Å². The maximum Gasteiger partial charge on any atom is 0.129 e. The van der Waals surface area contributed by atoms with E-state index < -0.39 is 18.5 Å². The standard InChI is InChI=1S/C9H10ClF2N/c1-5-2-3-6(12)8(9(5)10)7(13)4-11/h2-3,7H,4,13H2,1H3/t7-/m0/s1. The van der Waals surface area contributed by atoms with Crippen molar-refractivity contribution in [1.82, 2.24) is 0 Å². The van der Waals surface area contributed by atoms with Gasteiger partial charge in [0.15, 0.2) is 0 Å². The molecule has 0 amide bonds. The van der Waals surface area contributed by atoms with Crippen molar-refractivity contribution < 1.29 is 8.78 Å². The Bertz CT molecular complexity index is 315. The van der Waals surface area contributed by atoms with E-state index in [1.807, 2.05) is 0 Å². The molecule has 0 aliphatic rings. The number of rotatable bonds is 2. The smallest absolute Gasteiger partial charge is 0.129 e. The highest BCUT2D eigenvalue weighted by Crippen LogP contribution is 2.27. The third kappa shape index (κ3) is 1.98. The summed E-state index contributed by atoms with van der Waals surface area (Å²) in [4.78, 5) is 0. The molecule has 0 saturated carbocycles. The van der Waals surface area contributed by atoms with E-state index in [0.29, 0.717) is 5.56 Å². The first kappa shape index (κ1) is 10.4. The van der Waals surface area contributed by atoms with Gasteiger partial charge < -0.3 is 5.73 Å². The molecule has 1 aromatic rings. The number of nitrogens with two attached hydrogens (primary N) is 1. The summed E-state index contributed by atoms with van der Waals surface area (Å²) in [6.07, 6.45) is 0. The predicted molar refractivity (Wildman–Crippen MR) is 49.1 cm³/mol. The molecule has 0 aromatic heterocycles. The summed E-state index contributed by atoms with van der Waals surface area (Å²) >= 11 is 5.79. The summed E-state index contributed by atoms with van der Waals surface area (Å²) in [5.74, 6) is -0.555. The van der Waals surface area contributed by atoms with Crippen molar-refractivity contribution in [3.8, 4) is 0 Å². The number of alkyl halides is 1. The lowest BCUT2D eigenvalue weighted by atomic mass is 10.1. The van der Waals surface area contributed by atoms with Gasteiger partial charge in [-0.3, -0.25) is 0 Å². The Balaban J connectivity index is 3.25. The number of benzene rings is 1. The van der Waals surface area contributed by atoms with Crippen molar-refractivity contribution in [2.45, 2.75) is 13.0 Å². The van der Waals surface area contributed by atoms with Gasteiger partial charge in [-0.2, -0.15) is 0 Å².